The first-order valence-electron chi connectivity index (χ1n) is 3.80. The molecule has 1 N–H and O–H groups in total. The van der Waals surface area contributed by atoms with Crippen molar-refractivity contribution in [3.8, 4) is 11.5 Å². The van der Waals surface area contributed by atoms with Gasteiger partial charge in [-0.15, -0.1) is 0 Å². The molecular formula is C9H10O3. The van der Waals surface area contributed by atoms with Crippen molar-refractivity contribution in [1.82, 2.24) is 0 Å². The van der Waals surface area contributed by atoms with Crippen LogP contribution in [-0.2, 0) is 0 Å². The summed E-state index contributed by atoms with van der Waals surface area (Å²) in [6.07, 6.45) is -0.505. The van der Waals surface area contributed by atoms with E-state index in [4.69, 9.17) is 9.47 Å². The third-order valence-corrected chi connectivity index (χ3v) is 1.97. The number of methoxy groups -OCH3 is 1. The maximum atomic E-state index is 9.42. The topological polar surface area (TPSA) is 38.7 Å². The minimum atomic E-state index is -0.505. The number of ether oxygens (including phenoxy) is 2. The van der Waals surface area contributed by atoms with Gasteiger partial charge in [-0.2, -0.15) is 0 Å². The second-order valence-corrected chi connectivity index (χ2v) is 2.71. The molecule has 3 nitrogen and oxygen atoms in total. The van der Waals surface area contributed by atoms with Crippen LogP contribution in [0.5, 0.6) is 11.5 Å². The highest BCUT2D eigenvalue weighted by molar-refractivity contribution is 5.49. The van der Waals surface area contributed by atoms with Gasteiger partial charge in [-0.3, -0.25) is 0 Å². The van der Waals surface area contributed by atoms with E-state index in [1.165, 1.54) is 0 Å². The molecule has 0 fully saturated rings. The molecule has 1 heterocycles. The van der Waals surface area contributed by atoms with Gasteiger partial charge in [0.25, 0.3) is 0 Å². The molecule has 0 aromatic heterocycles. The Morgan fingerprint density at radius 1 is 1.58 bits per heavy atom. The second-order valence-electron chi connectivity index (χ2n) is 2.71. The zero-order valence-electron chi connectivity index (χ0n) is 6.78. The van der Waals surface area contributed by atoms with Crippen LogP contribution in [0.1, 0.15) is 11.7 Å². The lowest BCUT2D eigenvalue weighted by Gasteiger charge is -2.04. The molecule has 1 unspecified atom stereocenters. The zero-order valence-corrected chi connectivity index (χ0v) is 6.78. The fraction of sp³-hybridized carbons (Fsp3) is 0.333. The number of rotatable bonds is 1. The summed E-state index contributed by atoms with van der Waals surface area (Å²) in [7, 11) is 1.59. The smallest absolute Gasteiger partial charge is 0.167 e. The molecule has 64 valence electrons. The molecule has 1 aliphatic heterocycles. The normalized spacial score (nSPS) is 20.0. The van der Waals surface area contributed by atoms with Gasteiger partial charge in [-0.25, -0.2) is 0 Å². The SMILES string of the molecule is COc1cccc2c1OCC2O. The Kier molecular flexibility index (Phi) is 1.66. The van der Waals surface area contributed by atoms with E-state index in [0.29, 0.717) is 18.1 Å². The summed E-state index contributed by atoms with van der Waals surface area (Å²) in [5, 5.41) is 9.42. The van der Waals surface area contributed by atoms with E-state index in [1.807, 2.05) is 18.2 Å². The van der Waals surface area contributed by atoms with Crippen LogP contribution >= 0.6 is 0 Å². The molecule has 2 rings (SSSR count). The Hall–Kier alpha value is -1.22. The van der Waals surface area contributed by atoms with Gasteiger partial charge in [-0.1, -0.05) is 12.1 Å². The highest BCUT2D eigenvalue weighted by Crippen LogP contribution is 2.39. The molecule has 0 bridgehead atoms. The number of aliphatic hydroxyl groups is 1. The van der Waals surface area contributed by atoms with Gasteiger partial charge >= 0.3 is 0 Å². The highest BCUT2D eigenvalue weighted by Gasteiger charge is 2.24. The number of aliphatic hydroxyl groups excluding tert-OH is 1. The Balaban J connectivity index is 2.50. The predicted octanol–water partition coefficient (Wildman–Crippen LogP) is 1.12. The van der Waals surface area contributed by atoms with Crippen molar-refractivity contribution in [3.05, 3.63) is 23.8 Å². The van der Waals surface area contributed by atoms with Crippen LogP contribution in [-0.4, -0.2) is 18.8 Å². The number of hydrogen-bond acceptors (Lipinski definition) is 3. The first-order valence-corrected chi connectivity index (χ1v) is 3.80. The maximum absolute atomic E-state index is 9.42. The standard InChI is InChI=1S/C9H10O3/c1-11-8-4-2-3-6-7(10)5-12-9(6)8/h2-4,7,10H,5H2,1H3. The first kappa shape index (κ1) is 7.43. The van der Waals surface area contributed by atoms with Gasteiger partial charge < -0.3 is 14.6 Å². The highest BCUT2D eigenvalue weighted by atomic mass is 16.5. The average Bonchev–Trinajstić information content (AvgIpc) is 2.48. The molecule has 1 aromatic rings. The maximum Gasteiger partial charge on any atom is 0.167 e. The third kappa shape index (κ3) is 0.940. The summed E-state index contributed by atoms with van der Waals surface area (Å²) in [5.41, 5.74) is 0.814. The van der Waals surface area contributed by atoms with Crippen LogP contribution in [0.3, 0.4) is 0 Å². The number of benzene rings is 1. The first-order chi connectivity index (χ1) is 5.83. The van der Waals surface area contributed by atoms with Gasteiger partial charge in [0.15, 0.2) is 11.5 Å². The number of hydrogen-bond donors (Lipinski definition) is 1. The molecule has 0 saturated heterocycles. The second kappa shape index (κ2) is 2.68. The van der Waals surface area contributed by atoms with Crippen LogP contribution in [0.25, 0.3) is 0 Å². The van der Waals surface area contributed by atoms with Crippen molar-refractivity contribution in [3.63, 3.8) is 0 Å². The van der Waals surface area contributed by atoms with E-state index in [9.17, 15) is 5.11 Å². The summed E-state index contributed by atoms with van der Waals surface area (Å²) in [6, 6.07) is 5.50. The van der Waals surface area contributed by atoms with E-state index in [0.717, 1.165) is 5.56 Å². The van der Waals surface area contributed by atoms with E-state index in [-0.39, 0.29) is 0 Å². The molecule has 0 saturated carbocycles. The summed E-state index contributed by atoms with van der Waals surface area (Å²) in [5.74, 6) is 1.36. The van der Waals surface area contributed by atoms with E-state index in [2.05, 4.69) is 0 Å². The third-order valence-electron chi connectivity index (χ3n) is 1.97. The molecule has 0 amide bonds. The van der Waals surface area contributed by atoms with Crippen LogP contribution in [0.2, 0.25) is 0 Å². The lowest BCUT2D eigenvalue weighted by atomic mass is 10.1. The molecule has 1 aliphatic rings. The van der Waals surface area contributed by atoms with Gasteiger partial charge in [-0.05, 0) is 6.07 Å². The molecule has 0 aliphatic carbocycles. The monoisotopic (exact) mass is 166 g/mol. The van der Waals surface area contributed by atoms with E-state index >= 15 is 0 Å². The van der Waals surface area contributed by atoms with Crippen LogP contribution in [0.4, 0.5) is 0 Å². The van der Waals surface area contributed by atoms with E-state index < -0.39 is 6.10 Å². The summed E-state index contributed by atoms with van der Waals surface area (Å²) in [4.78, 5) is 0. The molecule has 0 radical (unpaired) electrons. The summed E-state index contributed by atoms with van der Waals surface area (Å²) >= 11 is 0. The minimum Gasteiger partial charge on any atom is -0.493 e. The molecule has 1 aromatic carbocycles. The van der Waals surface area contributed by atoms with Crippen LogP contribution in [0.15, 0.2) is 18.2 Å². The average molecular weight is 166 g/mol. The number of fused-ring (bicyclic) bond motifs is 1. The number of para-hydroxylation sites is 1. The van der Waals surface area contributed by atoms with E-state index in [1.54, 1.807) is 7.11 Å². The van der Waals surface area contributed by atoms with Crippen LogP contribution < -0.4 is 9.47 Å². The van der Waals surface area contributed by atoms with Gasteiger partial charge in [0.1, 0.15) is 12.7 Å². The van der Waals surface area contributed by atoms with Gasteiger partial charge in [0.2, 0.25) is 0 Å². The molecule has 12 heavy (non-hydrogen) atoms. The fourth-order valence-corrected chi connectivity index (χ4v) is 1.36. The van der Waals surface area contributed by atoms with Crippen molar-refractivity contribution >= 4 is 0 Å². The molecule has 1 atom stereocenters. The molecular weight excluding hydrogens is 156 g/mol. The Labute approximate surface area is 70.5 Å². The Bertz CT molecular complexity index is 296. The van der Waals surface area contributed by atoms with Crippen molar-refractivity contribution in [2.24, 2.45) is 0 Å². The zero-order chi connectivity index (χ0) is 8.55. The Morgan fingerprint density at radius 3 is 3.17 bits per heavy atom. The summed E-state index contributed by atoms with van der Waals surface area (Å²) < 4.78 is 10.3. The van der Waals surface area contributed by atoms with Gasteiger partial charge in [0, 0.05) is 5.56 Å². The minimum absolute atomic E-state index is 0.329. The lowest BCUT2D eigenvalue weighted by molar-refractivity contribution is 0.139. The van der Waals surface area contributed by atoms with Crippen molar-refractivity contribution in [2.45, 2.75) is 6.10 Å². The predicted molar refractivity (Wildman–Crippen MR) is 43.4 cm³/mol. The van der Waals surface area contributed by atoms with Crippen molar-refractivity contribution < 1.29 is 14.6 Å². The fourth-order valence-electron chi connectivity index (χ4n) is 1.36. The van der Waals surface area contributed by atoms with Crippen molar-refractivity contribution in [2.75, 3.05) is 13.7 Å². The summed E-state index contributed by atoms with van der Waals surface area (Å²) in [6.45, 7) is 0.329. The molecule has 0 spiro atoms. The molecule has 3 heteroatoms. The largest absolute Gasteiger partial charge is 0.493 e. The van der Waals surface area contributed by atoms with Gasteiger partial charge in [0.05, 0.1) is 7.11 Å². The lowest BCUT2D eigenvalue weighted by Crippen LogP contribution is -1.97. The van der Waals surface area contributed by atoms with Crippen LogP contribution in [0, 0.1) is 0 Å². The van der Waals surface area contributed by atoms with Crippen molar-refractivity contribution in [1.29, 1.82) is 0 Å². The Morgan fingerprint density at radius 2 is 2.42 bits per heavy atom. The quantitative estimate of drug-likeness (QED) is 0.679.